The molecule has 0 aliphatic heterocycles. The molecule has 0 saturated heterocycles. The van der Waals surface area contributed by atoms with E-state index in [1.807, 2.05) is 31.2 Å². The van der Waals surface area contributed by atoms with Gasteiger partial charge in [0.2, 0.25) is 0 Å². The predicted molar refractivity (Wildman–Crippen MR) is 55.9 cm³/mol. The van der Waals surface area contributed by atoms with Crippen LogP contribution in [0.25, 0.3) is 0 Å². The molecule has 0 radical (unpaired) electrons. The summed E-state index contributed by atoms with van der Waals surface area (Å²) in [6.07, 6.45) is 0. The number of benzene rings is 1. The van der Waals surface area contributed by atoms with Gasteiger partial charge in [0.25, 0.3) is 0 Å². The van der Waals surface area contributed by atoms with E-state index >= 15 is 0 Å². The molecule has 0 bridgehead atoms. The monoisotopic (exact) mass is 192 g/mol. The lowest BCUT2D eigenvalue weighted by molar-refractivity contribution is 0.685. The van der Waals surface area contributed by atoms with E-state index in [0.29, 0.717) is 5.75 Å². The molecule has 0 amide bonds. The first kappa shape index (κ1) is 10.0. The second-order valence-corrected chi connectivity index (χ2v) is 4.18. The maximum atomic E-state index is 11.5. The van der Waals surface area contributed by atoms with Gasteiger partial charge in [0.05, 0.1) is 16.6 Å². The van der Waals surface area contributed by atoms with Gasteiger partial charge < -0.3 is 0 Å². The fraction of sp³-hybridized carbons (Fsp3) is 0.273. The number of aryl methyl sites for hydroxylation is 1. The van der Waals surface area contributed by atoms with Gasteiger partial charge in [-0.15, -0.1) is 5.92 Å². The Balaban J connectivity index is 2.76. The molecule has 1 aromatic rings. The fourth-order valence-electron chi connectivity index (χ4n) is 0.911. The smallest absolute Gasteiger partial charge is 0.0893 e. The molecular formula is C11H12OS. The average molecular weight is 192 g/mol. The zero-order valence-electron chi connectivity index (χ0n) is 7.83. The van der Waals surface area contributed by atoms with Crippen LogP contribution in [0.3, 0.4) is 0 Å². The maximum Gasteiger partial charge on any atom is 0.0893 e. The van der Waals surface area contributed by atoms with Gasteiger partial charge >= 0.3 is 0 Å². The second-order valence-electron chi connectivity index (χ2n) is 2.73. The molecule has 1 rings (SSSR count). The summed E-state index contributed by atoms with van der Waals surface area (Å²) in [7, 11) is -0.965. The Morgan fingerprint density at radius 3 is 2.46 bits per heavy atom. The third-order valence-corrected chi connectivity index (χ3v) is 2.87. The quantitative estimate of drug-likeness (QED) is 0.656. The van der Waals surface area contributed by atoms with Crippen molar-refractivity contribution >= 4 is 10.8 Å². The zero-order chi connectivity index (χ0) is 9.68. The summed E-state index contributed by atoms with van der Waals surface area (Å²) in [4.78, 5) is 0.855. The van der Waals surface area contributed by atoms with Crippen molar-refractivity contribution in [3.05, 3.63) is 29.8 Å². The Hall–Kier alpha value is -1.07. The Labute approximate surface area is 81.6 Å². The molecule has 0 N–H and O–H groups in total. The lowest BCUT2D eigenvalue weighted by Crippen LogP contribution is -1.95. The van der Waals surface area contributed by atoms with Crippen molar-refractivity contribution < 1.29 is 4.21 Å². The molecule has 0 aliphatic carbocycles. The normalized spacial score (nSPS) is 11.5. The number of hydrogen-bond donors (Lipinski definition) is 0. The molecule has 0 aliphatic rings. The van der Waals surface area contributed by atoms with E-state index < -0.39 is 10.8 Å². The average Bonchev–Trinajstić information content (AvgIpc) is 2.15. The Kier molecular flexibility index (Phi) is 3.72. The van der Waals surface area contributed by atoms with Gasteiger partial charge in [-0.25, -0.2) is 0 Å². The van der Waals surface area contributed by atoms with E-state index in [1.165, 1.54) is 5.56 Å². The van der Waals surface area contributed by atoms with Gasteiger partial charge in [-0.3, -0.25) is 4.21 Å². The molecule has 0 fully saturated rings. The van der Waals surface area contributed by atoms with Crippen molar-refractivity contribution in [2.75, 3.05) is 5.75 Å². The van der Waals surface area contributed by atoms with Gasteiger partial charge in [0.15, 0.2) is 0 Å². The maximum absolute atomic E-state index is 11.5. The summed E-state index contributed by atoms with van der Waals surface area (Å²) >= 11 is 0. The van der Waals surface area contributed by atoms with E-state index in [1.54, 1.807) is 6.92 Å². The van der Waals surface area contributed by atoms with Crippen LogP contribution in [0.2, 0.25) is 0 Å². The third kappa shape index (κ3) is 3.04. The molecule has 0 saturated carbocycles. The minimum absolute atomic E-state index is 0.430. The molecular weight excluding hydrogens is 180 g/mol. The highest BCUT2D eigenvalue weighted by molar-refractivity contribution is 7.85. The lowest BCUT2D eigenvalue weighted by Gasteiger charge is -1.97. The Morgan fingerprint density at radius 2 is 1.92 bits per heavy atom. The summed E-state index contributed by atoms with van der Waals surface area (Å²) in [6.45, 7) is 3.77. The van der Waals surface area contributed by atoms with Crippen LogP contribution >= 0.6 is 0 Å². The third-order valence-electron chi connectivity index (χ3n) is 1.66. The first-order chi connectivity index (χ1) is 6.24. The molecule has 1 atom stereocenters. The molecule has 0 spiro atoms. The Morgan fingerprint density at radius 1 is 1.31 bits per heavy atom. The molecule has 68 valence electrons. The van der Waals surface area contributed by atoms with Crippen LogP contribution in [0, 0.1) is 18.8 Å². The SMILES string of the molecule is CC#CCS(=O)c1ccc(C)cc1. The van der Waals surface area contributed by atoms with Gasteiger partial charge in [-0.1, -0.05) is 23.6 Å². The van der Waals surface area contributed by atoms with Crippen molar-refractivity contribution in [2.24, 2.45) is 0 Å². The molecule has 0 aromatic heterocycles. The first-order valence-corrected chi connectivity index (χ1v) is 5.40. The molecule has 13 heavy (non-hydrogen) atoms. The minimum atomic E-state index is -0.965. The van der Waals surface area contributed by atoms with Crippen LogP contribution in [0.15, 0.2) is 29.2 Å². The van der Waals surface area contributed by atoms with Gasteiger partial charge in [0.1, 0.15) is 0 Å². The predicted octanol–water partition coefficient (Wildman–Crippen LogP) is 2.13. The molecule has 1 aromatic carbocycles. The van der Waals surface area contributed by atoms with E-state index in [2.05, 4.69) is 11.8 Å². The van der Waals surface area contributed by atoms with Crippen LogP contribution in [-0.4, -0.2) is 9.96 Å². The first-order valence-electron chi connectivity index (χ1n) is 4.08. The summed E-state index contributed by atoms with van der Waals surface area (Å²) in [5.74, 6) is 5.98. The van der Waals surface area contributed by atoms with Gasteiger partial charge in [0, 0.05) is 4.90 Å². The summed E-state index contributed by atoms with van der Waals surface area (Å²) in [6, 6.07) is 7.71. The largest absolute Gasteiger partial charge is 0.253 e. The minimum Gasteiger partial charge on any atom is -0.253 e. The van der Waals surface area contributed by atoms with Gasteiger partial charge in [-0.05, 0) is 26.0 Å². The summed E-state index contributed by atoms with van der Waals surface area (Å²) in [5, 5.41) is 0. The molecule has 0 heterocycles. The van der Waals surface area contributed by atoms with Crippen LogP contribution in [0.1, 0.15) is 12.5 Å². The molecule has 1 unspecified atom stereocenters. The van der Waals surface area contributed by atoms with Crippen LogP contribution < -0.4 is 0 Å². The van der Waals surface area contributed by atoms with Crippen LogP contribution in [-0.2, 0) is 10.8 Å². The van der Waals surface area contributed by atoms with E-state index in [4.69, 9.17) is 0 Å². The zero-order valence-corrected chi connectivity index (χ0v) is 8.65. The number of hydrogen-bond acceptors (Lipinski definition) is 1. The molecule has 1 nitrogen and oxygen atoms in total. The van der Waals surface area contributed by atoms with E-state index in [-0.39, 0.29) is 0 Å². The highest BCUT2D eigenvalue weighted by atomic mass is 32.2. The van der Waals surface area contributed by atoms with Crippen LogP contribution in [0.4, 0.5) is 0 Å². The summed E-state index contributed by atoms with van der Waals surface area (Å²) < 4.78 is 11.5. The highest BCUT2D eigenvalue weighted by Gasteiger charge is 1.99. The van der Waals surface area contributed by atoms with Crippen molar-refractivity contribution in [1.29, 1.82) is 0 Å². The van der Waals surface area contributed by atoms with E-state index in [9.17, 15) is 4.21 Å². The molecule has 2 heteroatoms. The summed E-state index contributed by atoms with van der Waals surface area (Å²) in [5.41, 5.74) is 1.18. The number of rotatable bonds is 2. The standard InChI is InChI=1S/C11H12OS/c1-3-4-9-13(12)11-7-5-10(2)6-8-11/h5-8H,9H2,1-2H3. The topological polar surface area (TPSA) is 17.1 Å². The second kappa shape index (κ2) is 4.84. The van der Waals surface area contributed by atoms with Crippen LogP contribution in [0.5, 0.6) is 0 Å². The lowest BCUT2D eigenvalue weighted by atomic mass is 10.2. The van der Waals surface area contributed by atoms with Crippen molar-refractivity contribution in [2.45, 2.75) is 18.7 Å². The Bertz CT molecular complexity index is 354. The fourth-order valence-corrected chi connectivity index (χ4v) is 1.79. The van der Waals surface area contributed by atoms with Crippen molar-refractivity contribution in [3.63, 3.8) is 0 Å². The van der Waals surface area contributed by atoms with E-state index in [0.717, 1.165) is 4.90 Å². The van der Waals surface area contributed by atoms with Gasteiger partial charge in [-0.2, -0.15) is 0 Å². The van der Waals surface area contributed by atoms with Crippen molar-refractivity contribution in [3.8, 4) is 11.8 Å². The van der Waals surface area contributed by atoms with Crippen molar-refractivity contribution in [1.82, 2.24) is 0 Å². The highest BCUT2D eigenvalue weighted by Crippen LogP contribution is 2.07.